The smallest absolute Gasteiger partial charge is 0.419 e. The second-order valence-electron chi connectivity index (χ2n) is 5.89. The van der Waals surface area contributed by atoms with E-state index in [1.54, 1.807) is 0 Å². The van der Waals surface area contributed by atoms with Crippen LogP contribution in [0.2, 0.25) is 0 Å². The van der Waals surface area contributed by atoms with Crippen LogP contribution >= 0.6 is 0 Å². The molecule has 1 unspecified atom stereocenters. The molecule has 1 aliphatic rings. The van der Waals surface area contributed by atoms with Crippen LogP contribution in [-0.2, 0) is 6.18 Å². The number of rotatable bonds is 5. The summed E-state index contributed by atoms with van der Waals surface area (Å²) in [6, 6.07) is 5.20. The Morgan fingerprint density at radius 2 is 1.91 bits per heavy atom. The summed E-state index contributed by atoms with van der Waals surface area (Å²) in [5.74, 6) is -0.00406. The minimum atomic E-state index is -4.43. The summed E-state index contributed by atoms with van der Waals surface area (Å²) < 4.78 is 44.2. The van der Waals surface area contributed by atoms with E-state index in [0.717, 1.165) is 32.0 Å². The standard InChI is InChI=1S/C16H22F3NO2/c1-20-8-6-12(7-9-20)13(10-21)11-22-15-5-3-2-4-14(15)16(17,18)19/h2-5,12-13,21H,6-11H2,1H3. The van der Waals surface area contributed by atoms with Gasteiger partial charge in [-0.15, -0.1) is 0 Å². The molecule has 0 aromatic heterocycles. The van der Waals surface area contributed by atoms with Gasteiger partial charge in [0.2, 0.25) is 0 Å². The number of benzene rings is 1. The predicted octanol–water partition coefficient (Wildman–Crippen LogP) is 3.03. The van der Waals surface area contributed by atoms with Gasteiger partial charge in [-0.25, -0.2) is 0 Å². The molecule has 1 aromatic rings. The Bertz CT molecular complexity index is 471. The second kappa shape index (κ2) is 7.33. The van der Waals surface area contributed by atoms with E-state index in [1.165, 1.54) is 18.2 Å². The summed E-state index contributed by atoms with van der Waals surface area (Å²) >= 11 is 0. The molecule has 6 heteroatoms. The predicted molar refractivity (Wildman–Crippen MR) is 77.7 cm³/mol. The van der Waals surface area contributed by atoms with Gasteiger partial charge >= 0.3 is 6.18 Å². The molecule has 0 saturated carbocycles. The first-order valence-electron chi connectivity index (χ1n) is 7.50. The number of nitrogens with zero attached hydrogens (tertiary/aromatic N) is 1. The lowest BCUT2D eigenvalue weighted by atomic mass is 9.85. The third-order valence-corrected chi connectivity index (χ3v) is 4.31. The monoisotopic (exact) mass is 317 g/mol. The summed E-state index contributed by atoms with van der Waals surface area (Å²) in [5, 5.41) is 9.54. The van der Waals surface area contributed by atoms with Crippen molar-refractivity contribution in [2.24, 2.45) is 11.8 Å². The fraction of sp³-hybridized carbons (Fsp3) is 0.625. The van der Waals surface area contributed by atoms with Crippen molar-refractivity contribution >= 4 is 0 Å². The van der Waals surface area contributed by atoms with E-state index in [0.29, 0.717) is 5.92 Å². The third kappa shape index (κ3) is 4.36. The van der Waals surface area contributed by atoms with Gasteiger partial charge in [0.15, 0.2) is 0 Å². The molecule has 0 radical (unpaired) electrons. The fourth-order valence-corrected chi connectivity index (χ4v) is 2.86. The highest BCUT2D eigenvalue weighted by Crippen LogP contribution is 2.36. The van der Waals surface area contributed by atoms with E-state index in [4.69, 9.17) is 4.74 Å². The molecule has 0 aliphatic carbocycles. The second-order valence-corrected chi connectivity index (χ2v) is 5.89. The molecular formula is C16H22F3NO2. The molecule has 1 aromatic carbocycles. The van der Waals surface area contributed by atoms with E-state index >= 15 is 0 Å². The molecule has 0 spiro atoms. The minimum Gasteiger partial charge on any atom is -0.493 e. The molecule has 1 atom stereocenters. The van der Waals surface area contributed by atoms with E-state index in [2.05, 4.69) is 4.90 Å². The highest BCUT2D eigenvalue weighted by Gasteiger charge is 2.34. The first-order chi connectivity index (χ1) is 10.4. The van der Waals surface area contributed by atoms with E-state index in [9.17, 15) is 18.3 Å². The number of halogens is 3. The zero-order valence-electron chi connectivity index (χ0n) is 12.6. The molecule has 3 nitrogen and oxygen atoms in total. The number of piperidine rings is 1. The normalized spacial score (nSPS) is 19.1. The zero-order chi connectivity index (χ0) is 16.2. The molecule has 22 heavy (non-hydrogen) atoms. The van der Waals surface area contributed by atoms with Gasteiger partial charge in [-0.2, -0.15) is 13.2 Å². The average Bonchev–Trinajstić information content (AvgIpc) is 2.49. The van der Waals surface area contributed by atoms with Gasteiger partial charge in [0.1, 0.15) is 5.75 Å². The summed E-state index contributed by atoms with van der Waals surface area (Å²) in [6.45, 7) is 1.93. The van der Waals surface area contributed by atoms with Crippen molar-refractivity contribution in [2.45, 2.75) is 19.0 Å². The van der Waals surface area contributed by atoms with Crippen molar-refractivity contribution in [3.63, 3.8) is 0 Å². The number of alkyl halides is 3. The summed E-state index contributed by atoms with van der Waals surface area (Å²) in [5.41, 5.74) is -0.768. The SMILES string of the molecule is CN1CCC(C(CO)COc2ccccc2C(F)(F)F)CC1. The molecular weight excluding hydrogens is 295 g/mol. The molecule has 1 heterocycles. The van der Waals surface area contributed by atoms with Crippen LogP contribution in [0.25, 0.3) is 0 Å². The van der Waals surface area contributed by atoms with Crippen LogP contribution in [0.15, 0.2) is 24.3 Å². The first kappa shape index (κ1) is 17.1. The van der Waals surface area contributed by atoms with E-state index < -0.39 is 11.7 Å². The maximum atomic E-state index is 12.9. The number of ether oxygens (including phenoxy) is 1. The van der Waals surface area contributed by atoms with Crippen LogP contribution < -0.4 is 4.74 Å². The lowest BCUT2D eigenvalue weighted by Gasteiger charge is -2.33. The Kier molecular flexibility index (Phi) is 5.69. The van der Waals surface area contributed by atoms with Crippen LogP contribution in [0.4, 0.5) is 13.2 Å². The van der Waals surface area contributed by atoms with Crippen molar-refractivity contribution in [3.8, 4) is 5.75 Å². The van der Waals surface area contributed by atoms with E-state index in [-0.39, 0.29) is 24.9 Å². The Hall–Kier alpha value is -1.27. The number of para-hydroxylation sites is 1. The van der Waals surface area contributed by atoms with Gasteiger partial charge < -0.3 is 14.7 Å². The maximum Gasteiger partial charge on any atom is 0.419 e. The van der Waals surface area contributed by atoms with Gasteiger partial charge in [-0.3, -0.25) is 0 Å². The zero-order valence-corrected chi connectivity index (χ0v) is 12.6. The first-order valence-corrected chi connectivity index (χ1v) is 7.50. The third-order valence-electron chi connectivity index (χ3n) is 4.31. The summed E-state index contributed by atoms with van der Waals surface area (Å²) in [6.07, 6.45) is -2.56. The Morgan fingerprint density at radius 3 is 2.50 bits per heavy atom. The van der Waals surface area contributed by atoms with Crippen molar-refractivity contribution in [2.75, 3.05) is 33.4 Å². The number of hydrogen-bond donors (Lipinski definition) is 1. The van der Waals surface area contributed by atoms with Crippen molar-refractivity contribution < 1.29 is 23.0 Å². The number of hydrogen-bond acceptors (Lipinski definition) is 3. The summed E-state index contributed by atoms with van der Waals surface area (Å²) in [7, 11) is 2.04. The number of aliphatic hydroxyl groups excluding tert-OH is 1. The largest absolute Gasteiger partial charge is 0.493 e. The minimum absolute atomic E-state index is 0.0669. The van der Waals surface area contributed by atoms with Crippen LogP contribution in [0.3, 0.4) is 0 Å². The van der Waals surface area contributed by atoms with Gasteiger partial charge in [-0.05, 0) is 51.0 Å². The number of likely N-dealkylation sites (tertiary alicyclic amines) is 1. The van der Waals surface area contributed by atoms with Crippen molar-refractivity contribution in [1.29, 1.82) is 0 Å². The lowest BCUT2D eigenvalue weighted by Crippen LogP contribution is -2.36. The topological polar surface area (TPSA) is 32.7 Å². The molecule has 0 bridgehead atoms. The quantitative estimate of drug-likeness (QED) is 0.906. The van der Waals surface area contributed by atoms with Crippen LogP contribution in [0, 0.1) is 11.8 Å². The van der Waals surface area contributed by atoms with Crippen LogP contribution in [-0.4, -0.2) is 43.4 Å². The van der Waals surface area contributed by atoms with Crippen molar-refractivity contribution in [1.82, 2.24) is 4.90 Å². The highest BCUT2D eigenvalue weighted by molar-refractivity contribution is 5.35. The lowest BCUT2D eigenvalue weighted by molar-refractivity contribution is -0.139. The molecule has 0 amide bonds. The highest BCUT2D eigenvalue weighted by atomic mass is 19.4. The Balaban J connectivity index is 1.99. The molecule has 1 N–H and O–H groups in total. The molecule has 1 aliphatic heterocycles. The molecule has 124 valence electrons. The average molecular weight is 317 g/mol. The Morgan fingerprint density at radius 1 is 1.27 bits per heavy atom. The molecule has 2 rings (SSSR count). The number of aliphatic hydroxyl groups is 1. The maximum absolute atomic E-state index is 12.9. The van der Waals surface area contributed by atoms with Gasteiger partial charge in [0.25, 0.3) is 0 Å². The summed E-state index contributed by atoms with van der Waals surface area (Å²) in [4.78, 5) is 2.21. The van der Waals surface area contributed by atoms with Crippen LogP contribution in [0.5, 0.6) is 5.75 Å². The molecule has 1 fully saturated rings. The van der Waals surface area contributed by atoms with Gasteiger partial charge in [0.05, 0.1) is 12.2 Å². The van der Waals surface area contributed by atoms with Gasteiger partial charge in [-0.1, -0.05) is 12.1 Å². The van der Waals surface area contributed by atoms with Crippen molar-refractivity contribution in [3.05, 3.63) is 29.8 Å². The van der Waals surface area contributed by atoms with Gasteiger partial charge in [0, 0.05) is 12.5 Å². The molecule has 1 saturated heterocycles. The Labute approximate surface area is 128 Å². The van der Waals surface area contributed by atoms with Crippen LogP contribution in [0.1, 0.15) is 18.4 Å². The van der Waals surface area contributed by atoms with E-state index in [1.807, 2.05) is 7.05 Å². The fourth-order valence-electron chi connectivity index (χ4n) is 2.86.